The van der Waals surface area contributed by atoms with Gasteiger partial charge in [0.2, 0.25) is 0 Å². The van der Waals surface area contributed by atoms with E-state index in [1.165, 1.54) is 11.1 Å². The summed E-state index contributed by atoms with van der Waals surface area (Å²) < 4.78 is 16.3. The van der Waals surface area contributed by atoms with Crippen LogP contribution in [0.2, 0.25) is 0 Å². The molecule has 0 aliphatic rings. The number of rotatable bonds is 9. The second-order valence-electron chi connectivity index (χ2n) is 6.67. The minimum Gasteiger partial charge on any atom is -0.493 e. The van der Waals surface area contributed by atoms with E-state index in [4.69, 9.17) is 14.2 Å². The molecule has 0 aliphatic carbocycles. The molecule has 6 heteroatoms. The molecule has 0 saturated carbocycles. The normalized spacial score (nSPS) is 10.3. The zero-order valence-electron chi connectivity index (χ0n) is 17.3. The zero-order chi connectivity index (χ0) is 20.5. The quantitative estimate of drug-likeness (QED) is 0.647. The van der Waals surface area contributed by atoms with Gasteiger partial charge >= 0.3 is 6.03 Å². The highest BCUT2D eigenvalue weighted by molar-refractivity contribution is 5.73. The number of amides is 2. The number of hydrogen-bond acceptors (Lipinski definition) is 4. The highest BCUT2D eigenvalue weighted by Gasteiger charge is 2.06. The molecule has 0 spiro atoms. The van der Waals surface area contributed by atoms with Crippen LogP contribution in [0.3, 0.4) is 0 Å². The number of methoxy groups -OCH3 is 2. The summed E-state index contributed by atoms with van der Waals surface area (Å²) in [6.45, 7) is 7.56. The summed E-state index contributed by atoms with van der Waals surface area (Å²) in [6, 6.07) is 9.67. The maximum absolute atomic E-state index is 11.9. The van der Waals surface area contributed by atoms with Crippen molar-refractivity contribution in [2.24, 2.45) is 0 Å². The summed E-state index contributed by atoms with van der Waals surface area (Å²) in [5, 5.41) is 5.65. The van der Waals surface area contributed by atoms with Gasteiger partial charge in [0, 0.05) is 6.54 Å². The van der Waals surface area contributed by atoms with E-state index in [9.17, 15) is 4.79 Å². The van der Waals surface area contributed by atoms with Crippen molar-refractivity contribution in [3.8, 4) is 17.2 Å². The molecule has 2 aromatic carbocycles. The average molecular weight is 386 g/mol. The molecule has 2 aromatic rings. The lowest BCUT2D eigenvalue weighted by Gasteiger charge is -2.13. The summed E-state index contributed by atoms with van der Waals surface area (Å²) in [5.41, 5.74) is 4.60. The van der Waals surface area contributed by atoms with Crippen molar-refractivity contribution in [3.63, 3.8) is 0 Å². The van der Waals surface area contributed by atoms with Gasteiger partial charge in [-0.05, 0) is 67.6 Å². The van der Waals surface area contributed by atoms with Crippen LogP contribution >= 0.6 is 0 Å². The standard InChI is InChI=1S/C22H30N2O4/c1-15-12-17(3)20(13-16(15)2)28-11-10-24-22(25)23-9-8-18-6-7-19(26-4)21(14-18)27-5/h6-7,12-14H,8-11H2,1-5H3,(H2,23,24,25). The maximum atomic E-state index is 11.9. The van der Waals surface area contributed by atoms with Crippen molar-refractivity contribution in [3.05, 3.63) is 52.6 Å². The van der Waals surface area contributed by atoms with Crippen molar-refractivity contribution in [1.82, 2.24) is 10.6 Å². The van der Waals surface area contributed by atoms with Crippen molar-refractivity contribution >= 4 is 6.03 Å². The number of hydrogen-bond donors (Lipinski definition) is 2. The summed E-state index contributed by atoms with van der Waals surface area (Å²) in [6.07, 6.45) is 0.701. The van der Waals surface area contributed by atoms with E-state index >= 15 is 0 Å². The van der Waals surface area contributed by atoms with Gasteiger partial charge in [-0.2, -0.15) is 0 Å². The number of benzene rings is 2. The van der Waals surface area contributed by atoms with Crippen LogP contribution in [0.15, 0.2) is 30.3 Å². The Hall–Kier alpha value is -2.89. The van der Waals surface area contributed by atoms with Crippen LogP contribution < -0.4 is 24.8 Å². The topological polar surface area (TPSA) is 68.8 Å². The predicted molar refractivity (Wildman–Crippen MR) is 111 cm³/mol. The van der Waals surface area contributed by atoms with Crippen LogP contribution in [-0.2, 0) is 6.42 Å². The lowest BCUT2D eigenvalue weighted by molar-refractivity contribution is 0.236. The van der Waals surface area contributed by atoms with Crippen molar-refractivity contribution < 1.29 is 19.0 Å². The third kappa shape index (κ3) is 6.08. The van der Waals surface area contributed by atoms with Crippen molar-refractivity contribution in [2.45, 2.75) is 27.2 Å². The van der Waals surface area contributed by atoms with Gasteiger partial charge in [0.15, 0.2) is 11.5 Å². The Balaban J connectivity index is 1.69. The smallest absolute Gasteiger partial charge is 0.314 e. The van der Waals surface area contributed by atoms with Gasteiger partial charge in [-0.1, -0.05) is 12.1 Å². The van der Waals surface area contributed by atoms with E-state index in [0.717, 1.165) is 16.9 Å². The number of urea groups is 1. The average Bonchev–Trinajstić information content (AvgIpc) is 2.68. The van der Waals surface area contributed by atoms with E-state index in [1.54, 1.807) is 14.2 Å². The van der Waals surface area contributed by atoms with Crippen molar-refractivity contribution in [1.29, 1.82) is 0 Å². The van der Waals surface area contributed by atoms with Crippen LogP contribution in [0.5, 0.6) is 17.2 Å². The van der Waals surface area contributed by atoms with E-state index in [0.29, 0.717) is 37.6 Å². The molecule has 0 saturated heterocycles. The molecule has 2 N–H and O–H groups in total. The van der Waals surface area contributed by atoms with Gasteiger partial charge in [-0.25, -0.2) is 4.79 Å². The third-order valence-electron chi connectivity index (χ3n) is 4.58. The Labute approximate surface area is 167 Å². The van der Waals surface area contributed by atoms with Crippen LogP contribution in [0, 0.1) is 20.8 Å². The van der Waals surface area contributed by atoms with Crippen molar-refractivity contribution in [2.75, 3.05) is 33.9 Å². The molecule has 0 bridgehead atoms. The van der Waals surface area contributed by atoms with Crippen LogP contribution in [0.25, 0.3) is 0 Å². The Morgan fingerprint density at radius 3 is 2.21 bits per heavy atom. The zero-order valence-corrected chi connectivity index (χ0v) is 17.3. The predicted octanol–water partition coefficient (Wildman–Crippen LogP) is 3.55. The fourth-order valence-electron chi connectivity index (χ4n) is 2.83. The molecule has 6 nitrogen and oxygen atoms in total. The van der Waals surface area contributed by atoms with Gasteiger partial charge in [-0.3, -0.25) is 0 Å². The monoisotopic (exact) mass is 386 g/mol. The molecular formula is C22H30N2O4. The number of carbonyl (C=O) groups excluding carboxylic acids is 1. The Morgan fingerprint density at radius 1 is 0.821 bits per heavy atom. The third-order valence-corrected chi connectivity index (χ3v) is 4.58. The van der Waals surface area contributed by atoms with Gasteiger partial charge in [0.1, 0.15) is 12.4 Å². The molecular weight excluding hydrogens is 356 g/mol. The lowest BCUT2D eigenvalue weighted by Crippen LogP contribution is -2.38. The molecule has 0 aliphatic heterocycles. The first-order chi connectivity index (χ1) is 13.4. The Morgan fingerprint density at radius 2 is 1.50 bits per heavy atom. The Bertz CT molecular complexity index is 805. The summed E-state index contributed by atoms with van der Waals surface area (Å²) in [7, 11) is 3.21. The number of ether oxygens (including phenoxy) is 3. The molecule has 0 heterocycles. The minimum atomic E-state index is -0.208. The van der Waals surface area contributed by atoms with Gasteiger partial charge in [0.05, 0.1) is 20.8 Å². The first kappa shape index (κ1) is 21.4. The Kier molecular flexibility index (Phi) is 7.99. The lowest BCUT2D eigenvalue weighted by atomic mass is 10.1. The highest BCUT2D eigenvalue weighted by atomic mass is 16.5. The largest absolute Gasteiger partial charge is 0.493 e. The van der Waals surface area contributed by atoms with Crippen LogP contribution in [-0.4, -0.2) is 39.9 Å². The molecule has 0 fully saturated rings. The molecule has 0 unspecified atom stereocenters. The van der Waals surface area contributed by atoms with E-state index in [2.05, 4.69) is 30.5 Å². The van der Waals surface area contributed by atoms with Gasteiger partial charge in [-0.15, -0.1) is 0 Å². The fraction of sp³-hybridized carbons (Fsp3) is 0.409. The second-order valence-corrected chi connectivity index (χ2v) is 6.67. The minimum absolute atomic E-state index is 0.208. The molecule has 28 heavy (non-hydrogen) atoms. The van der Waals surface area contributed by atoms with E-state index in [-0.39, 0.29) is 6.03 Å². The maximum Gasteiger partial charge on any atom is 0.314 e. The summed E-state index contributed by atoms with van der Waals surface area (Å²) in [4.78, 5) is 11.9. The van der Waals surface area contributed by atoms with Gasteiger partial charge < -0.3 is 24.8 Å². The number of nitrogens with one attached hydrogen (secondary N) is 2. The molecule has 0 radical (unpaired) electrons. The van der Waals surface area contributed by atoms with Gasteiger partial charge in [0.25, 0.3) is 0 Å². The molecule has 0 aromatic heterocycles. The van der Waals surface area contributed by atoms with Crippen LogP contribution in [0.4, 0.5) is 4.79 Å². The SMILES string of the molecule is COc1ccc(CCNC(=O)NCCOc2cc(C)c(C)cc2C)cc1OC. The highest BCUT2D eigenvalue weighted by Crippen LogP contribution is 2.27. The number of carbonyl (C=O) groups is 1. The first-order valence-electron chi connectivity index (χ1n) is 9.38. The van der Waals surface area contributed by atoms with E-state index < -0.39 is 0 Å². The van der Waals surface area contributed by atoms with E-state index in [1.807, 2.05) is 31.2 Å². The summed E-state index contributed by atoms with van der Waals surface area (Å²) >= 11 is 0. The second kappa shape index (κ2) is 10.4. The van der Waals surface area contributed by atoms with Crippen LogP contribution in [0.1, 0.15) is 22.3 Å². The molecule has 2 amide bonds. The number of aryl methyl sites for hydroxylation is 3. The fourth-order valence-corrected chi connectivity index (χ4v) is 2.83. The molecule has 2 rings (SSSR count). The molecule has 0 atom stereocenters. The summed E-state index contributed by atoms with van der Waals surface area (Å²) in [5.74, 6) is 2.23. The molecule has 152 valence electrons. The first-order valence-corrected chi connectivity index (χ1v) is 9.38.